The van der Waals surface area contributed by atoms with Crippen LogP contribution in [0.15, 0.2) is 42.5 Å². The van der Waals surface area contributed by atoms with E-state index in [2.05, 4.69) is 4.98 Å². The molecule has 0 saturated heterocycles. The molecule has 0 spiro atoms. The smallest absolute Gasteiger partial charge is 0.329 e. The van der Waals surface area contributed by atoms with Crippen LogP contribution in [0.1, 0.15) is 19.4 Å². The average Bonchev–Trinajstić information content (AvgIpc) is 2.61. The van der Waals surface area contributed by atoms with E-state index in [-0.39, 0.29) is 24.1 Å². The number of hydrogen-bond donors (Lipinski definition) is 1. The summed E-state index contributed by atoms with van der Waals surface area (Å²) >= 11 is 0. The third kappa shape index (κ3) is 3.40. The maximum atomic E-state index is 12.5. The molecule has 2 aromatic rings. The van der Waals surface area contributed by atoms with Crippen molar-refractivity contribution >= 4 is 23.5 Å². The predicted octanol–water partition coefficient (Wildman–Crippen LogP) is 1.91. The van der Waals surface area contributed by atoms with Crippen molar-refractivity contribution in [2.75, 3.05) is 10.6 Å². The van der Waals surface area contributed by atoms with E-state index in [0.717, 1.165) is 5.56 Å². The molecule has 7 heteroatoms. The summed E-state index contributed by atoms with van der Waals surface area (Å²) in [7, 11) is 0. The number of rotatable bonds is 4. The van der Waals surface area contributed by atoms with Gasteiger partial charge in [-0.05, 0) is 31.5 Å². The SMILES string of the molecule is CC1Oc2ccc(N)nc2N(C(C)C(=O)OCc2ccccc2)C1=O. The van der Waals surface area contributed by atoms with Crippen LogP contribution in [0.25, 0.3) is 0 Å². The molecule has 0 fully saturated rings. The number of nitrogens with two attached hydrogens (primary N) is 1. The summed E-state index contributed by atoms with van der Waals surface area (Å²) in [5, 5.41) is 0. The predicted molar refractivity (Wildman–Crippen MR) is 91.9 cm³/mol. The Bertz CT molecular complexity index is 794. The van der Waals surface area contributed by atoms with Gasteiger partial charge in [-0.25, -0.2) is 9.78 Å². The lowest BCUT2D eigenvalue weighted by Crippen LogP contribution is -2.52. The zero-order valence-corrected chi connectivity index (χ0v) is 14.0. The van der Waals surface area contributed by atoms with Crippen LogP contribution in [0.2, 0.25) is 0 Å². The van der Waals surface area contributed by atoms with Gasteiger partial charge in [0.15, 0.2) is 17.7 Å². The van der Waals surface area contributed by atoms with Crippen molar-refractivity contribution < 1.29 is 19.1 Å². The first-order valence-corrected chi connectivity index (χ1v) is 7.94. The van der Waals surface area contributed by atoms with Gasteiger partial charge in [0.1, 0.15) is 18.5 Å². The van der Waals surface area contributed by atoms with E-state index in [0.29, 0.717) is 5.75 Å². The van der Waals surface area contributed by atoms with Gasteiger partial charge in [0.25, 0.3) is 5.91 Å². The lowest BCUT2D eigenvalue weighted by atomic mass is 10.2. The minimum absolute atomic E-state index is 0.134. The van der Waals surface area contributed by atoms with Gasteiger partial charge in [0.05, 0.1) is 0 Å². The summed E-state index contributed by atoms with van der Waals surface area (Å²) in [6, 6.07) is 11.7. The Morgan fingerprint density at radius 2 is 2.04 bits per heavy atom. The Morgan fingerprint density at radius 3 is 2.76 bits per heavy atom. The Labute approximate surface area is 145 Å². The summed E-state index contributed by atoms with van der Waals surface area (Å²) in [5.74, 6) is -0.0212. The number of pyridine rings is 1. The van der Waals surface area contributed by atoms with Gasteiger partial charge < -0.3 is 15.2 Å². The molecule has 1 aliphatic rings. The number of esters is 1. The summed E-state index contributed by atoms with van der Waals surface area (Å²) in [4.78, 5) is 30.4. The van der Waals surface area contributed by atoms with Crippen molar-refractivity contribution in [1.29, 1.82) is 0 Å². The van der Waals surface area contributed by atoms with Gasteiger partial charge in [-0.1, -0.05) is 30.3 Å². The van der Waals surface area contributed by atoms with E-state index in [1.165, 1.54) is 4.90 Å². The summed E-state index contributed by atoms with van der Waals surface area (Å²) in [6.45, 7) is 3.35. The van der Waals surface area contributed by atoms with E-state index in [1.54, 1.807) is 26.0 Å². The lowest BCUT2D eigenvalue weighted by molar-refractivity contribution is -0.147. The van der Waals surface area contributed by atoms with Crippen LogP contribution in [-0.4, -0.2) is 29.0 Å². The molecule has 0 bridgehead atoms. The highest BCUT2D eigenvalue weighted by molar-refractivity contribution is 6.03. The molecule has 0 saturated carbocycles. The Hall–Kier alpha value is -3.09. The van der Waals surface area contributed by atoms with Crippen LogP contribution in [-0.2, 0) is 20.9 Å². The molecule has 2 N–H and O–H groups in total. The third-order valence-corrected chi connectivity index (χ3v) is 3.93. The number of aromatic nitrogens is 1. The fraction of sp³-hybridized carbons (Fsp3) is 0.278. The quantitative estimate of drug-likeness (QED) is 0.854. The molecule has 2 atom stereocenters. The number of ether oxygens (including phenoxy) is 2. The molecular formula is C18H19N3O4. The first kappa shape index (κ1) is 16.8. The molecule has 25 heavy (non-hydrogen) atoms. The van der Waals surface area contributed by atoms with Gasteiger partial charge in [0.2, 0.25) is 0 Å². The lowest BCUT2D eigenvalue weighted by Gasteiger charge is -2.34. The number of nitrogen functional groups attached to an aromatic ring is 1. The summed E-state index contributed by atoms with van der Waals surface area (Å²) < 4.78 is 10.9. The first-order valence-electron chi connectivity index (χ1n) is 7.94. The van der Waals surface area contributed by atoms with Gasteiger partial charge in [-0.15, -0.1) is 0 Å². The van der Waals surface area contributed by atoms with Crippen LogP contribution in [0.5, 0.6) is 5.75 Å². The zero-order valence-electron chi connectivity index (χ0n) is 14.0. The zero-order chi connectivity index (χ0) is 18.0. The number of carbonyl (C=O) groups excluding carboxylic acids is 2. The van der Waals surface area contributed by atoms with Crippen LogP contribution < -0.4 is 15.4 Å². The molecule has 1 amide bonds. The third-order valence-electron chi connectivity index (χ3n) is 3.93. The summed E-state index contributed by atoms with van der Waals surface area (Å²) in [5.41, 5.74) is 6.58. The number of amides is 1. The van der Waals surface area contributed by atoms with Crippen LogP contribution in [0.4, 0.5) is 11.6 Å². The van der Waals surface area contributed by atoms with Crippen molar-refractivity contribution in [2.24, 2.45) is 0 Å². The molecule has 0 aliphatic carbocycles. The van der Waals surface area contributed by atoms with Gasteiger partial charge in [-0.2, -0.15) is 0 Å². The van der Waals surface area contributed by atoms with Gasteiger partial charge in [0, 0.05) is 0 Å². The van der Waals surface area contributed by atoms with Crippen LogP contribution in [0, 0.1) is 0 Å². The summed E-state index contributed by atoms with van der Waals surface area (Å²) in [6.07, 6.45) is -0.720. The highest BCUT2D eigenvalue weighted by Crippen LogP contribution is 2.34. The second-order valence-electron chi connectivity index (χ2n) is 5.80. The Kier molecular flexibility index (Phi) is 4.56. The van der Waals surface area contributed by atoms with Crippen molar-refractivity contribution in [3.05, 3.63) is 48.0 Å². The van der Waals surface area contributed by atoms with E-state index in [1.807, 2.05) is 30.3 Å². The Morgan fingerprint density at radius 1 is 1.32 bits per heavy atom. The van der Waals surface area contributed by atoms with Crippen molar-refractivity contribution in [3.8, 4) is 5.75 Å². The average molecular weight is 341 g/mol. The highest BCUT2D eigenvalue weighted by Gasteiger charge is 2.39. The molecule has 2 heterocycles. The van der Waals surface area contributed by atoms with E-state index < -0.39 is 18.1 Å². The molecule has 7 nitrogen and oxygen atoms in total. The minimum Gasteiger partial charge on any atom is -0.477 e. The van der Waals surface area contributed by atoms with Crippen LogP contribution >= 0.6 is 0 Å². The van der Waals surface area contributed by atoms with Gasteiger partial charge in [-0.3, -0.25) is 9.69 Å². The van der Waals surface area contributed by atoms with Gasteiger partial charge >= 0.3 is 5.97 Å². The number of nitrogens with zero attached hydrogens (tertiary/aromatic N) is 2. The molecule has 1 aromatic heterocycles. The molecule has 130 valence electrons. The maximum absolute atomic E-state index is 12.5. The van der Waals surface area contributed by atoms with Crippen molar-refractivity contribution in [1.82, 2.24) is 4.98 Å². The molecular weight excluding hydrogens is 322 g/mol. The molecule has 3 rings (SSSR count). The second-order valence-corrected chi connectivity index (χ2v) is 5.80. The standard InChI is InChI=1S/C18H19N3O4/c1-11(18(23)24-10-13-6-4-3-5-7-13)21-16-14(8-9-15(19)20-16)25-12(2)17(21)22/h3-9,11-12H,10H2,1-2H3,(H2,19,20). The normalized spacial score (nSPS) is 17.4. The van der Waals surface area contributed by atoms with E-state index >= 15 is 0 Å². The molecule has 1 aliphatic heterocycles. The molecule has 0 radical (unpaired) electrons. The fourth-order valence-electron chi connectivity index (χ4n) is 2.58. The van der Waals surface area contributed by atoms with Crippen LogP contribution in [0.3, 0.4) is 0 Å². The molecule has 1 aromatic carbocycles. The number of benzene rings is 1. The van der Waals surface area contributed by atoms with Crippen molar-refractivity contribution in [2.45, 2.75) is 32.6 Å². The number of hydrogen-bond acceptors (Lipinski definition) is 6. The maximum Gasteiger partial charge on any atom is 0.329 e. The second kappa shape index (κ2) is 6.80. The topological polar surface area (TPSA) is 94.8 Å². The largest absolute Gasteiger partial charge is 0.477 e. The number of fused-ring (bicyclic) bond motifs is 1. The minimum atomic E-state index is -0.851. The monoisotopic (exact) mass is 341 g/mol. The first-order chi connectivity index (χ1) is 12.0. The number of carbonyl (C=O) groups is 2. The van der Waals surface area contributed by atoms with E-state index in [9.17, 15) is 9.59 Å². The Balaban J connectivity index is 1.80. The highest BCUT2D eigenvalue weighted by atomic mass is 16.5. The number of anilines is 2. The fourth-order valence-corrected chi connectivity index (χ4v) is 2.58. The van der Waals surface area contributed by atoms with Crippen molar-refractivity contribution in [3.63, 3.8) is 0 Å². The van der Waals surface area contributed by atoms with E-state index in [4.69, 9.17) is 15.2 Å². The molecule has 2 unspecified atom stereocenters.